The van der Waals surface area contributed by atoms with Crippen molar-refractivity contribution in [1.29, 1.82) is 5.41 Å². The molecule has 0 bridgehead atoms. The van der Waals surface area contributed by atoms with Crippen LogP contribution in [0.3, 0.4) is 0 Å². The molecule has 7 nitrogen and oxygen atoms in total. The van der Waals surface area contributed by atoms with Gasteiger partial charge in [0.2, 0.25) is 11.5 Å². The van der Waals surface area contributed by atoms with Gasteiger partial charge in [-0.1, -0.05) is 0 Å². The topological polar surface area (TPSA) is 114 Å². The van der Waals surface area contributed by atoms with Crippen molar-refractivity contribution in [2.24, 2.45) is 11.5 Å². The molecule has 2 aromatic rings. The smallest absolute Gasteiger partial charge is 0.370 e. The van der Waals surface area contributed by atoms with Crippen LogP contribution in [0, 0.1) is 22.0 Å². The zero-order valence-corrected chi connectivity index (χ0v) is 11.2. The average Bonchev–Trinajstić information content (AvgIpc) is 2.43. The van der Waals surface area contributed by atoms with E-state index in [1.54, 1.807) is 0 Å². The van der Waals surface area contributed by atoms with E-state index in [2.05, 4.69) is 11.5 Å². The molecular formula is C13H13F2N4O3+. The van der Waals surface area contributed by atoms with Crippen molar-refractivity contribution in [1.82, 2.24) is 0 Å². The fraction of sp³-hybridized carbons (Fsp3) is 0. The highest BCUT2D eigenvalue weighted by molar-refractivity contribution is 5.71. The van der Waals surface area contributed by atoms with E-state index in [4.69, 9.17) is 15.1 Å². The lowest BCUT2D eigenvalue weighted by molar-refractivity contribution is -0.920. The van der Waals surface area contributed by atoms with Gasteiger partial charge >= 0.3 is 5.09 Å². The van der Waals surface area contributed by atoms with Crippen LogP contribution >= 0.6 is 0 Å². The number of hydrogen-bond acceptors (Lipinski definition) is 4. The first-order valence-electron chi connectivity index (χ1n) is 5.80. The van der Waals surface area contributed by atoms with E-state index >= 15 is 0 Å². The molecule has 0 saturated heterocycles. The van der Waals surface area contributed by atoms with Crippen LogP contribution in [-0.2, 0) is 0 Å². The van der Waals surface area contributed by atoms with Gasteiger partial charge in [-0.05, 0) is 48.5 Å². The number of nitrogens with one attached hydrogen (secondary N) is 1. The van der Waals surface area contributed by atoms with E-state index in [0.29, 0.717) is 0 Å². The van der Waals surface area contributed by atoms with Crippen molar-refractivity contribution in [3.05, 3.63) is 65.1 Å². The van der Waals surface area contributed by atoms with Gasteiger partial charge in [-0.3, -0.25) is 5.41 Å². The molecule has 2 aromatic carbocycles. The van der Waals surface area contributed by atoms with Crippen molar-refractivity contribution in [3.8, 4) is 11.5 Å². The van der Waals surface area contributed by atoms with Crippen LogP contribution in [0.25, 0.3) is 0 Å². The van der Waals surface area contributed by atoms with Gasteiger partial charge in [0.05, 0.1) is 0 Å². The van der Waals surface area contributed by atoms with Crippen LogP contribution in [0.5, 0.6) is 11.5 Å². The lowest BCUT2D eigenvalue weighted by Gasteiger charge is -1.94. The molecule has 0 aliphatic carbocycles. The van der Waals surface area contributed by atoms with Crippen LogP contribution in [-0.4, -0.2) is 11.0 Å². The third-order valence-corrected chi connectivity index (χ3v) is 1.99. The summed E-state index contributed by atoms with van der Waals surface area (Å²) in [4.78, 5) is 20.6. The van der Waals surface area contributed by atoms with Gasteiger partial charge in [0.25, 0.3) is 0 Å². The highest BCUT2D eigenvalue weighted by atomic mass is 19.1. The number of nitrogens with two attached hydrogens (primary N) is 2. The largest absolute Gasteiger partial charge is 0.489 e. The third-order valence-electron chi connectivity index (χ3n) is 1.99. The fourth-order valence-electron chi connectivity index (χ4n) is 1.18. The summed E-state index contributed by atoms with van der Waals surface area (Å²) < 4.78 is 25.2. The van der Waals surface area contributed by atoms with Crippen LogP contribution in [0.2, 0.25) is 0 Å². The predicted octanol–water partition coefficient (Wildman–Crippen LogP) is 1.87. The molecule has 0 atom stereocenters. The SMILES string of the molecule is N=C(N)N.O=[N+](Oc1ccc(F)cc1)Oc1ccc(F)cc1. The van der Waals surface area contributed by atoms with E-state index in [1.807, 2.05) is 0 Å². The number of nitrogens with zero attached hydrogens (tertiary/aromatic N) is 1. The Kier molecular flexibility index (Phi) is 6.23. The standard InChI is InChI=1S/C12H8F2NO3.CH5N3/c13-9-1-5-11(6-2-9)17-15(16)18-12-7-3-10(14)4-8-12;2-1(3)4/h1-8H;(H5,2,3,4)/q+1;. The molecule has 22 heavy (non-hydrogen) atoms. The Labute approximate surface area is 124 Å². The summed E-state index contributed by atoms with van der Waals surface area (Å²) in [6.45, 7) is 0. The summed E-state index contributed by atoms with van der Waals surface area (Å²) in [6.07, 6.45) is 0. The maximum atomic E-state index is 12.6. The predicted molar refractivity (Wildman–Crippen MR) is 73.8 cm³/mol. The molecule has 0 aromatic heterocycles. The van der Waals surface area contributed by atoms with Crippen molar-refractivity contribution in [3.63, 3.8) is 0 Å². The zero-order valence-electron chi connectivity index (χ0n) is 11.2. The zero-order chi connectivity index (χ0) is 16.5. The summed E-state index contributed by atoms with van der Waals surface area (Å²) in [5, 5.41) is 5.90. The number of guanidine groups is 1. The van der Waals surface area contributed by atoms with E-state index in [1.165, 1.54) is 24.3 Å². The first-order chi connectivity index (χ1) is 10.4. The van der Waals surface area contributed by atoms with E-state index in [9.17, 15) is 13.7 Å². The molecular weight excluding hydrogens is 298 g/mol. The summed E-state index contributed by atoms with van der Waals surface area (Å²) in [7, 11) is 0. The maximum absolute atomic E-state index is 12.6. The van der Waals surface area contributed by atoms with Crippen LogP contribution in [0.15, 0.2) is 48.5 Å². The lowest BCUT2D eigenvalue weighted by Crippen LogP contribution is -2.20. The molecule has 116 valence electrons. The molecule has 0 aliphatic heterocycles. The molecule has 0 radical (unpaired) electrons. The molecule has 0 spiro atoms. The number of benzene rings is 2. The lowest BCUT2D eigenvalue weighted by atomic mass is 10.3. The Hall–Kier alpha value is -3.23. The monoisotopic (exact) mass is 311 g/mol. The van der Waals surface area contributed by atoms with E-state index < -0.39 is 11.6 Å². The molecule has 0 amide bonds. The Balaban J connectivity index is 0.000000541. The molecule has 0 heterocycles. The summed E-state index contributed by atoms with van der Waals surface area (Å²) in [5.74, 6) is -0.986. The summed E-state index contributed by atoms with van der Waals surface area (Å²) in [5.41, 5.74) is 8.94. The van der Waals surface area contributed by atoms with Crippen molar-refractivity contribution < 1.29 is 23.5 Å². The Morgan fingerprint density at radius 1 is 0.864 bits per heavy atom. The van der Waals surface area contributed by atoms with Crippen LogP contribution in [0.4, 0.5) is 8.78 Å². The van der Waals surface area contributed by atoms with E-state index in [-0.39, 0.29) is 22.5 Å². The molecule has 9 heteroatoms. The minimum Gasteiger partial charge on any atom is -0.370 e. The second-order valence-corrected chi connectivity index (χ2v) is 3.77. The van der Waals surface area contributed by atoms with E-state index in [0.717, 1.165) is 24.3 Å². The number of hydrogen-bond donors (Lipinski definition) is 3. The fourth-order valence-corrected chi connectivity index (χ4v) is 1.18. The second-order valence-electron chi connectivity index (χ2n) is 3.77. The second kappa shape index (κ2) is 8.15. The highest BCUT2D eigenvalue weighted by Gasteiger charge is 2.16. The molecule has 2 rings (SSSR count). The number of halogens is 2. The van der Waals surface area contributed by atoms with Crippen molar-refractivity contribution in [2.75, 3.05) is 0 Å². The maximum Gasteiger partial charge on any atom is 0.489 e. The van der Waals surface area contributed by atoms with Gasteiger partial charge in [-0.15, -0.1) is 9.68 Å². The first-order valence-corrected chi connectivity index (χ1v) is 5.80. The molecule has 0 unspecified atom stereocenters. The molecule has 0 aliphatic rings. The van der Waals surface area contributed by atoms with Gasteiger partial charge in [0.15, 0.2) is 5.96 Å². The Morgan fingerprint density at radius 2 is 1.14 bits per heavy atom. The van der Waals surface area contributed by atoms with Gasteiger partial charge < -0.3 is 11.5 Å². The molecule has 0 saturated carbocycles. The Morgan fingerprint density at radius 3 is 1.41 bits per heavy atom. The average molecular weight is 311 g/mol. The minimum atomic E-state index is -0.445. The minimum absolute atomic E-state index is 0.119. The van der Waals surface area contributed by atoms with Crippen LogP contribution in [0.1, 0.15) is 0 Å². The van der Waals surface area contributed by atoms with Gasteiger partial charge in [0, 0.05) is 0 Å². The first kappa shape index (κ1) is 16.8. The summed E-state index contributed by atoms with van der Waals surface area (Å²) in [6, 6.07) is 9.65. The van der Waals surface area contributed by atoms with Crippen molar-refractivity contribution in [2.45, 2.75) is 0 Å². The highest BCUT2D eigenvalue weighted by Crippen LogP contribution is 2.14. The molecule has 5 N–H and O–H groups in total. The van der Waals surface area contributed by atoms with Gasteiger partial charge in [-0.25, -0.2) is 8.78 Å². The normalized spacial score (nSPS) is 9.18. The molecule has 0 fully saturated rings. The quantitative estimate of drug-likeness (QED) is 0.453. The Bertz CT molecular complexity index is 579. The van der Waals surface area contributed by atoms with Gasteiger partial charge in [-0.2, -0.15) is 0 Å². The number of rotatable bonds is 4. The third kappa shape index (κ3) is 6.80. The summed E-state index contributed by atoms with van der Waals surface area (Å²) >= 11 is 0. The van der Waals surface area contributed by atoms with Crippen molar-refractivity contribution >= 4 is 5.96 Å². The van der Waals surface area contributed by atoms with Gasteiger partial charge in [0.1, 0.15) is 16.5 Å². The van der Waals surface area contributed by atoms with Crippen LogP contribution < -0.4 is 21.1 Å².